The van der Waals surface area contributed by atoms with Crippen LogP contribution in [0.15, 0.2) is 103 Å². The number of esters is 1. The number of alkyl halides is 2. The molecule has 4 aromatic rings. The first-order valence-electron chi connectivity index (χ1n) is 13.1. The zero-order valence-electron chi connectivity index (χ0n) is 21.4. The lowest BCUT2D eigenvalue weighted by atomic mass is 9.54. The van der Waals surface area contributed by atoms with Gasteiger partial charge in [0.15, 0.2) is 12.4 Å². The minimum Gasteiger partial charge on any atom is -0.454 e. The molecular weight excluding hydrogens is 650 g/mol. The van der Waals surface area contributed by atoms with Crippen molar-refractivity contribution in [2.75, 3.05) is 11.5 Å². The molecule has 1 aliphatic heterocycles. The third-order valence-electron chi connectivity index (χ3n) is 8.36. The van der Waals surface area contributed by atoms with Gasteiger partial charge in [-0.25, -0.2) is 9.69 Å². The Morgan fingerprint density at radius 2 is 1.12 bits per heavy atom. The lowest BCUT2D eigenvalue weighted by Gasteiger charge is -2.55. The lowest BCUT2D eigenvalue weighted by Crippen LogP contribution is -2.56. The normalized spacial score (nSPS) is 25.4. The van der Waals surface area contributed by atoms with Gasteiger partial charge in [0.2, 0.25) is 11.8 Å². The van der Waals surface area contributed by atoms with E-state index in [1.807, 2.05) is 48.5 Å². The predicted molar refractivity (Wildman–Crippen MR) is 159 cm³/mol. The third kappa shape index (κ3) is 3.53. The highest BCUT2D eigenvalue weighted by Gasteiger charge is 2.72. The van der Waals surface area contributed by atoms with Crippen molar-refractivity contribution in [3.05, 3.63) is 137 Å². The monoisotopic (exact) mass is 669 g/mol. The van der Waals surface area contributed by atoms with E-state index in [0.717, 1.165) is 22.3 Å². The summed E-state index contributed by atoms with van der Waals surface area (Å²) in [5.74, 6) is -3.20. The summed E-state index contributed by atoms with van der Waals surface area (Å²) in [4.78, 5) is 55.0. The number of ether oxygens (including phenoxy) is 1. The number of rotatable bonds is 5. The van der Waals surface area contributed by atoms with E-state index in [4.69, 9.17) is 4.74 Å². The molecule has 41 heavy (non-hydrogen) atoms. The summed E-state index contributed by atoms with van der Waals surface area (Å²) >= 11 is 7.99. The van der Waals surface area contributed by atoms with Crippen molar-refractivity contribution in [1.29, 1.82) is 0 Å². The van der Waals surface area contributed by atoms with Crippen LogP contribution in [-0.4, -0.2) is 30.2 Å². The van der Waals surface area contributed by atoms with Gasteiger partial charge in [0.25, 0.3) is 0 Å². The maximum absolute atomic E-state index is 14.3. The van der Waals surface area contributed by atoms with Crippen LogP contribution < -0.4 is 4.90 Å². The van der Waals surface area contributed by atoms with E-state index in [0.29, 0.717) is 5.56 Å². The molecule has 0 saturated carbocycles. The summed E-state index contributed by atoms with van der Waals surface area (Å²) < 4.78 is 3.47. The second-order valence-electron chi connectivity index (χ2n) is 10.4. The second kappa shape index (κ2) is 9.33. The molecule has 2 atom stereocenters. The molecule has 4 aliphatic rings. The Kier molecular flexibility index (Phi) is 5.92. The van der Waals surface area contributed by atoms with Crippen molar-refractivity contribution < 1.29 is 23.9 Å². The van der Waals surface area contributed by atoms with E-state index in [1.165, 1.54) is 17.0 Å². The van der Waals surface area contributed by atoms with E-state index in [-0.39, 0.29) is 28.8 Å². The summed E-state index contributed by atoms with van der Waals surface area (Å²) in [6.45, 7) is -0.423. The standard InChI is InChI=1S/C33H21Br2NO5/c34-32-22-13-4-5-14-23(22)33(35,25-16-7-6-15-24(25)32)28-27(32)29(38)36(30(28)39)21-12-8-11-20(17-21)31(40)41-18-26(37)19-9-2-1-3-10-19/h1-17,27-28H,18H2/t27-,28-,32?,33?/m0/s1. The van der Waals surface area contributed by atoms with Gasteiger partial charge in [0.05, 0.1) is 31.7 Å². The van der Waals surface area contributed by atoms with Crippen LogP contribution in [0.1, 0.15) is 43.0 Å². The van der Waals surface area contributed by atoms with Gasteiger partial charge in [-0.15, -0.1) is 0 Å². The topological polar surface area (TPSA) is 80.8 Å². The Balaban J connectivity index is 1.24. The maximum atomic E-state index is 14.3. The van der Waals surface area contributed by atoms with Crippen molar-refractivity contribution in [1.82, 2.24) is 0 Å². The molecule has 0 radical (unpaired) electrons. The van der Waals surface area contributed by atoms with E-state index in [2.05, 4.69) is 31.9 Å². The second-order valence-corrected chi connectivity index (χ2v) is 12.9. The number of amides is 2. The van der Waals surface area contributed by atoms with Crippen LogP contribution in [0.25, 0.3) is 0 Å². The molecule has 1 heterocycles. The fraction of sp³-hybridized carbons (Fsp3) is 0.152. The first-order chi connectivity index (χ1) is 19.8. The molecule has 202 valence electrons. The summed E-state index contributed by atoms with van der Waals surface area (Å²) in [5, 5.41) is 0. The first kappa shape index (κ1) is 26.0. The molecule has 8 rings (SSSR count). The smallest absolute Gasteiger partial charge is 0.338 e. The van der Waals surface area contributed by atoms with Crippen LogP contribution in [0.5, 0.6) is 0 Å². The number of hydrogen-bond acceptors (Lipinski definition) is 5. The quantitative estimate of drug-likeness (QED) is 0.110. The van der Waals surface area contributed by atoms with E-state index < -0.39 is 33.1 Å². The number of imide groups is 1. The van der Waals surface area contributed by atoms with Gasteiger partial charge in [0, 0.05) is 5.56 Å². The molecule has 8 heteroatoms. The SMILES string of the molecule is O=C(COC(=O)c1cccc(N2C(=O)[C@@H]3[C@@H](C2=O)C2(Br)c4ccccc4C3(Br)c3ccccc32)c1)c1ccccc1. The number of hydrogen-bond donors (Lipinski definition) is 0. The van der Waals surface area contributed by atoms with Crippen molar-refractivity contribution >= 4 is 61.1 Å². The maximum Gasteiger partial charge on any atom is 0.338 e. The number of carbonyl (C=O) groups excluding carboxylic acids is 4. The predicted octanol–water partition coefficient (Wildman–Crippen LogP) is 6.14. The Labute approximate surface area is 252 Å². The van der Waals surface area contributed by atoms with Crippen LogP contribution in [0.2, 0.25) is 0 Å². The van der Waals surface area contributed by atoms with E-state index >= 15 is 0 Å². The third-order valence-corrected chi connectivity index (χ3v) is 11.1. The average molecular weight is 671 g/mol. The van der Waals surface area contributed by atoms with Gasteiger partial charge in [-0.1, -0.05) is 117 Å². The summed E-state index contributed by atoms with van der Waals surface area (Å²) in [6, 6.07) is 30.5. The highest BCUT2D eigenvalue weighted by Crippen LogP contribution is 2.70. The zero-order chi connectivity index (χ0) is 28.5. The lowest BCUT2D eigenvalue weighted by molar-refractivity contribution is -0.122. The number of ketones is 1. The highest BCUT2D eigenvalue weighted by atomic mass is 79.9. The number of carbonyl (C=O) groups is 4. The molecule has 0 aromatic heterocycles. The van der Waals surface area contributed by atoms with Crippen molar-refractivity contribution in [2.24, 2.45) is 11.8 Å². The fourth-order valence-electron chi connectivity index (χ4n) is 6.62. The summed E-state index contributed by atoms with van der Waals surface area (Å²) in [7, 11) is 0. The molecule has 3 aliphatic carbocycles. The van der Waals surface area contributed by atoms with Gasteiger partial charge < -0.3 is 4.74 Å². The van der Waals surface area contributed by atoms with Crippen LogP contribution in [0, 0.1) is 11.8 Å². The molecule has 4 aromatic carbocycles. The van der Waals surface area contributed by atoms with E-state index in [9.17, 15) is 19.2 Å². The highest BCUT2D eigenvalue weighted by molar-refractivity contribution is 9.10. The van der Waals surface area contributed by atoms with Crippen molar-refractivity contribution in [2.45, 2.75) is 8.65 Å². The van der Waals surface area contributed by atoms with Gasteiger partial charge in [-0.2, -0.15) is 0 Å². The van der Waals surface area contributed by atoms with Crippen molar-refractivity contribution in [3.63, 3.8) is 0 Å². The largest absolute Gasteiger partial charge is 0.454 e. The Bertz CT molecular complexity index is 1660. The van der Waals surface area contributed by atoms with Crippen LogP contribution in [-0.2, 0) is 23.0 Å². The minimum absolute atomic E-state index is 0.135. The number of halogens is 2. The minimum atomic E-state index is -0.907. The Hall–Kier alpha value is -3.88. The van der Waals surface area contributed by atoms with Gasteiger partial charge in [-0.3, -0.25) is 14.4 Å². The van der Waals surface area contributed by atoms with Gasteiger partial charge in [-0.05, 0) is 40.5 Å². The van der Waals surface area contributed by atoms with Gasteiger partial charge in [0.1, 0.15) is 0 Å². The number of nitrogens with zero attached hydrogens (tertiary/aromatic N) is 1. The summed E-state index contributed by atoms with van der Waals surface area (Å²) in [6.07, 6.45) is 0. The average Bonchev–Trinajstić information content (AvgIpc) is 3.29. The zero-order valence-corrected chi connectivity index (χ0v) is 24.6. The van der Waals surface area contributed by atoms with Crippen LogP contribution in [0.4, 0.5) is 5.69 Å². The molecule has 2 bridgehead atoms. The van der Waals surface area contributed by atoms with Crippen LogP contribution >= 0.6 is 31.9 Å². The molecule has 6 nitrogen and oxygen atoms in total. The van der Waals surface area contributed by atoms with Gasteiger partial charge >= 0.3 is 5.97 Å². The first-order valence-corrected chi connectivity index (χ1v) is 14.7. The summed E-state index contributed by atoms with van der Waals surface area (Å²) in [5.41, 5.74) is 4.63. The van der Waals surface area contributed by atoms with Crippen molar-refractivity contribution in [3.8, 4) is 0 Å². The Morgan fingerprint density at radius 3 is 1.63 bits per heavy atom. The number of Topliss-reactive ketones (excluding diaryl/α,β-unsaturated/α-hetero) is 1. The molecule has 2 amide bonds. The number of anilines is 1. The fourth-order valence-corrected chi connectivity index (χ4v) is 8.92. The molecule has 1 saturated heterocycles. The van der Waals surface area contributed by atoms with E-state index in [1.54, 1.807) is 42.5 Å². The molecular formula is C33H21Br2NO5. The molecule has 0 spiro atoms. The number of benzene rings is 4. The Morgan fingerprint density at radius 1 is 0.659 bits per heavy atom. The molecule has 0 N–H and O–H groups in total. The van der Waals surface area contributed by atoms with Crippen LogP contribution in [0.3, 0.4) is 0 Å². The molecule has 1 fully saturated rings. The molecule has 0 unspecified atom stereocenters.